The van der Waals surface area contributed by atoms with E-state index in [1.54, 1.807) is 11.6 Å². The quantitative estimate of drug-likeness (QED) is 0.242. The van der Waals surface area contributed by atoms with E-state index in [1.165, 1.54) is 59.2 Å². The molecule has 54 heavy (non-hydrogen) atoms. The van der Waals surface area contributed by atoms with Crippen LogP contribution in [0, 0.1) is 11.7 Å². The number of H-pyrrole nitrogens is 1. The standard InChI is InChI=1S/C38H45FN8O6S/c1-22(2)16-29-35-44-31(21-54-35)34(50)43-30(17-25-18-40-28-9-7-6-8-27(25)28)38(53)46(5)19-32(48)41-23(3)36(51)45(4)14-15-47(20-33(49)42-29)37(52)24-10-12-26(39)13-11-24/h6-13,18,21-23,29-30,40H,14-17,19-20H2,1-5H3,(H,41,48)(H,42,49)(H,43,50)/t23-,29-,30+/m0/s1. The maximum Gasteiger partial charge on any atom is 0.271 e. The third-order valence-electron chi connectivity index (χ3n) is 9.10. The van der Waals surface area contributed by atoms with Crippen LogP contribution >= 0.6 is 11.3 Å². The number of nitrogens with one attached hydrogen (secondary N) is 4. The average molecular weight is 761 g/mol. The van der Waals surface area contributed by atoms with Crippen molar-refractivity contribution in [2.45, 2.75) is 51.7 Å². The van der Waals surface area contributed by atoms with Crippen LogP contribution in [0.15, 0.2) is 60.1 Å². The second-order valence-electron chi connectivity index (χ2n) is 13.9. The van der Waals surface area contributed by atoms with E-state index in [4.69, 9.17) is 0 Å². The monoisotopic (exact) mass is 760 g/mol. The Morgan fingerprint density at radius 2 is 1.59 bits per heavy atom. The molecule has 0 spiro atoms. The third kappa shape index (κ3) is 9.86. The van der Waals surface area contributed by atoms with Gasteiger partial charge in [0.05, 0.1) is 19.1 Å². The van der Waals surface area contributed by atoms with Crippen LogP contribution in [0.5, 0.6) is 0 Å². The molecule has 6 amide bonds. The van der Waals surface area contributed by atoms with Crippen LogP contribution in [-0.2, 0) is 25.6 Å². The highest BCUT2D eigenvalue weighted by molar-refractivity contribution is 7.09. The van der Waals surface area contributed by atoms with Crippen molar-refractivity contribution in [1.82, 2.24) is 40.6 Å². The fourth-order valence-corrected chi connectivity index (χ4v) is 7.12. The summed E-state index contributed by atoms with van der Waals surface area (Å²) in [5.41, 5.74) is 1.83. The van der Waals surface area contributed by atoms with Gasteiger partial charge in [0.25, 0.3) is 11.8 Å². The van der Waals surface area contributed by atoms with Crippen molar-refractivity contribution in [2.75, 3.05) is 40.3 Å². The van der Waals surface area contributed by atoms with Crippen molar-refractivity contribution >= 4 is 57.7 Å². The summed E-state index contributed by atoms with van der Waals surface area (Å²) in [5, 5.41) is 11.3. The smallest absolute Gasteiger partial charge is 0.271 e. The van der Waals surface area contributed by atoms with Crippen LogP contribution < -0.4 is 16.0 Å². The number of fused-ring (bicyclic) bond motifs is 3. The number of rotatable bonds is 5. The molecule has 0 radical (unpaired) electrons. The van der Waals surface area contributed by atoms with Gasteiger partial charge in [-0.05, 0) is 55.2 Å². The Balaban J connectivity index is 1.47. The molecule has 0 unspecified atom stereocenters. The Labute approximate surface area is 316 Å². The first kappa shape index (κ1) is 39.6. The number of hydrogen-bond acceptors (Lipinski definition) is 8. The molecule has 2 bridgehead atoms. The summed E-state index contributed by atoms with van der Waals surface area (Å²) in [5.74, 6) is -3.70. The van der Waals surface area contributed by atoms with Crippen LogP contribution in [0.1, 0.15) is 64.7 Å². The summed E-state index contributed by atoms with van der Waals surface area (Å²) < 4.78 is 13.7. The van der Waals surface area contributed by atoms with E-state index in [1.807, 2.05) is 38.1 Å². The fourth-order valence-electron chi connectivity index (χ4n) is 6.26. The molecule has 3 atom stereocenters. The number of carbonyl (C=O) groups excluding carboxylic acids is 6. The molecular weight excluding hydrogens is 716 g/mol. The van der Waals surface area contributed by atoms with Gasteiger partial charge in [-0.3, -0.25) is 28.8 Å². The minimum absolute atomic E-state index is 0.00616. The minimum Gasteiger partial charge on any atom is -0.361 e. The summed E-state index contributed by atoms with van der Waals surface area (Å²) in [6.45, 7) is 4.61. The van der Waals surface area contributed by atoms with Crippen LogP contribution in [0.4, 0.5) is 4.39 Å². The summed E-state index contributed by atoms with van der Waals surface area (Å²) >= 11 is 1.18. The molecule has 5 rings (SSSR count). The number of likely N-dealkylation sites (N-methyl/N-ethyl adjacent to an activating group) is 2. The molecule has 0 aliphatic carbocycles. The van der Waals surface area contributed by atoms with Gasteiger partial charge < -0.3 is 35.6 Å². The lowest BCUT2D eigenvalue weighted by Crippen LogP contribution is -2.53. The van der Waals surface area contributed by atoms with Crippen LogP contribution in [0.25, 0.3) is 10.9 Å². The van der Waals surface area contributed by atoms with Crippen molar-refractivity contribution in [3.8, 4) is 0 Å². The predicted molar refractivity (Wildman–Crippen MR) is 201 cm³/mol. The molecular formula is C38H45FN8O6S. The zero-order chi connectivity index (χ0) is 39.1. The number of benzene rings is 2. The minimum atomic E-state index is -1.09. The van der Waals surface area contributed by atoms with E-state index in [0.717, 1.165) is 28.6 Å². The summed E-state index contributed by atoms with van der Waals surface area (Å²) in [4.78, 5) is 92.9. The second-order valence-corrected chi connectivity index (χ2v) is 14.8. The first-order valence-electron chi connectivity index (χ1n) is 17.6. The van der Waals surface area contributed by atoms with Crippen molar-refractivity contribution in [1.29, 1.82) is 0 Å². The molecule has 4 aromatic rings. The van der Waals surface area contributed by atoms with Crippen LogP contribution in [0.2, 0.25) is 0 Å². The molecule has 0 saturated carbocycles. The number of aromatic nitrogens is 2. The zero-order valence-electron chi connectivity index (χ0n) is 30.9. The van der Waals surface area contributed by atoms with Gasteiger partial charge in [-0.1, -0.05) is 32.0 Å². The fraction of sp³-hybridized carbons (Fsp3) is 0.395. The highest BCUT2D eigenvalue weighted by Crippen LogP contribution is 2.26. The Bertz CT molecular complexity index is 2010. The molecule has 1 aliphatic heterocycles. The Morgan fingerprint density at radius 3 is 2.31 bits per heavy atom. The molecule has 3 heterocycles. The topological polar surface area (TPSA) is 177 Å². The molecule has 14 nitrogen and oxygen atoms in total. The van der Waals surface area contributed by atoms with Gasteiger partial charge in [-0.15, -0.1) is 11.3 Å². The molecule has 16 heteroatoms. The van der Waals surface area contributed by atoms with Gasteiger partial charge >= 0.3 is 0 Å². The lowest BCUT2D eigenvalue weighted by atomic mass is 10.0. The van der Waals surface area contributed by atoms with Crippen LogP contribution in [-0.4, -0.2) is 112 Å². The van der Waals surface area contributed by atoms with Gasteiger partial charge in [0, 0.05) is 61.6 Å². The molecule has 286 valence electrons. The van der Waals surface area contributed by atoms with Gasteiger partial charge in [0.2, 0.25) is 23.6 Å². The number of aromatic amines is 1. The van der Waals surface area contributed by atoms with Crippen molar-refractivity contribution < 1.29 is 33.2 Å². The van der Waals surface area contributed by atoms with Crippen molar-refractivity contribution in [2.24, 2.45) is 5.92 Å². The molecule has 2 aromatic heterocycles. The zero-order valence-corrected chi connectivity index (χ0v) is 31.7. The van der Waals surface area contributed by atoms with Crippen LogP contribution in [0.3, 0.4) is 0 Å². The third-order valence-corrected chi connectivity index (χ3v) is 10.1. The van der Waals surface area contributed by atoms with Gasteiger partial charge in [0.1, 0.15) is 28.6 Å². The first-order valence-corrected chi connectivity index (χ1v) is 18.5. The summed E-state index contributed by atoms with van der Waals surface area (Å²) in [6, 6.07) is 9.78. The molecule has 1 aliphatic rings. The van der Waals surface area contributed by atoms with E-state index in [-0.39, 0.29) is 43.2 Å². The second kappa shape index (κ2) is 17.5. The summed E-state index contributed by atoms with van der Waals surface area (Å²) in [7, 11) is 2.95. The highest BCUT2D eigenvalue weighted by atomic mass is 32.1. The molecule has 0 fully saturated rings. The molecule has 0 saturated heterocycles. The van der Waals surface area contributed by atoms with E-state index >= 15 is 0 Å². The molecule has 2 aromatic carbocycles. The van der Waals surface area contributed by atoms with E-state index < -0.39 is 65.9 Å². The maximum atomic E-state index is 13.9. The van der Waals surface area contributed by atoms with Gasteiger partial charge in [-0.2, -0.15) is 0 Å². The van der Waals surface area contributed by atoms with Gasteiger partial charge in [0.15, 0.2) is 0 Å². The number of thiazole rings is 1. The summed E-state index contributed by atoms with van der Waals surface area (Å²) in [6.07, 6.45) is 2.35. The number of amides is 6. The Kier molecular flexibility index (Phi) is 12.8. The SMILES string of the molecule is CC(C)C[C@@H]1NC(=O)CN(C(=O)c2ccc(F)cc2)CCN(C)C(=O)[C@H](C)NC(=O)CN(C)C(=O)[C@@H](Cc2c[nH]c3ccccc23)NC(=O)c2csc1n2. The lowest BCUT2D eigenvalue weighted by Gasteiger charge is -2.28. The van der Waals surface area contributed by atoms with Crippen molar-refractivity contribution in [3.05, 3.63) is 87.8 Å². The lowest BCUT2D eigenvalue weighted by molar-refractivity contribution is -0.138. The number of carbonyl (C=O) groups is 6. The van der Waals surface area contributed by atoms with Crippen molar-refractivity contribution in [3.63, 3.8) is 0 Å². The Hall–Kier alpha value is -5.64. The van der Waals surface area contributed by atoms with E-state index in [9.17, 15) is 33.2 Å². The van der Waals surface area contributed by atoms with E-state index in [2.05, 4.69) is 25.9 Å². The van der Waals surface area contributed by atoms with E-state index in [0.29, 0.717) is 11.4 Å². The number of nitrogens with zero attached hydrogens (tertiary/aromatic N) is 4. The Morgan fingerprint density at radius 1 is 0.889 bits per heavy atom. The normalized spacial score (nSPS) is 20.1. The largest absolute Gasteiger partial charge is 0.361 e. The molecule has 4 N–H and O–H groups in total. The number of halogens is 1. The number of para-hydroxylation sites is 1. The highest BCUT2D eigenvalue weighted by Gasteiger charge is 2.30. The maximum absolute atomic E-state index is 13.9. The average Bonchev–Trinajstić information content (AvgIpc) is 3.79. The van der Waals surface area contributed by atoms with Gasteiger partial charge in [-0.25, -0.2) is 9.37 Å². The predicted octanol–water partition coefficient (Wildman–Crippen LogP) is 2.89. The number of hydrogen-bond donors (Lipinski definition) is 4. The first-order chi connectivity index (χ1) is 25.7.